The number of hydrogen-bond donors (Lipinski definition) is 2. The lowest BCUT2D eigenvalue weighted by Gasteiger charge is -2.55. The highest BCUT2D eigenvalue weighted by Crippen LogP contribution is 2.58. The Balaban J connectivity index is 1.92. The first-order valence-corrected chi connectivity index (χ1v) is 8.76. The molecule has 0 amide bonds. The van der Waals surface area contributed by atoms with Gasteiger partial charge in [-0.3, -0.25) is 4.79 Å². The number of aliphatic hydroxyl groups is 2. The predicted octanol–water partition coefficient (Wildman–Crippen LogP) is 1.36. The van der Waals surface area contributed by atoms with E-state index >= 15 is 0 Å². The quantitative estimate of drug-likeness (QED) is 0.454. The molecule has 2 N–H and O–H groups in total. The smallest absolute Gasteiger partial charge is 0.336 e. The van der Waals surface area contributed by atoms with E-state index in [0.717, 1.165) is 5.57 Å². The van der Waals surface area contributed by atoms with E-state index < -0.39 is 36.3 Å². The van der Waals surface area contributed by atoms with Crippen molar-refractivity contribution in [1.82, 2.24) is 0 Å². The monoisotopic (exact) mass is 350 g/mol. The molecule has 2 aliphatic carbocycles. The van der Waals surface area contributed by atoms with Crippen LogP contribution in [0.15, 0.2) is 24.3 Å². The molecule has 2 saturated carbocycles. The minimum absolute atomic E-state index is 0.000277. The zero-order chi connectivity index (χ0) is 18.5. The number of carbonyl (C=O) groups is 2. The highest BCUT2D eigenvalue weighted by atomic mass is 16.6. The van der Waals surface area contributed by atoms with Gasteiger partial charge in [0.2, 0.25) is 0 Å². The van der Waals surface area contributed by atoms with Crippen LogP contribution in [0.4, 0.5) is 0 Å². The maximum Gasteiger partial charge on any atom is 0.336 e. The number of rotatable bonds is 3. The lowest BCUT2D eigenvalue weighted by atomic mass is 9.53. The molecule has 6 heteroatoms. The Hall–Kier alpha value is -1.66. The zero-order valence-electron chi connectivity index (χ0n) is 14.7. The molecule has 138 valence electrons. The molecule has 1 aliphatic heterocycles. The van der Waals surface area contributed by atoms with Crippen molar-refractivity contribution in [3.8, 4) is 0 Å². The van der Waals surface area contributed by atoms with Gasteiger partial charge in [0.05, 0.1) is 24.2 Å². The molecular weight excluding hydrogens is 324 g/mol. The highest BCUT2D eigenvalue weighted by Gasteiger charge is 2.63. The number of carbonyl (C=O) groups excluding carboxylic acids is 2. The fourth-order valence-corrected chi connectivity index (χ4v) is 5.00. The highest BCUT2D eigenvalue weighted by molar-refractivity contribution is 5.88. The second-order valence-electron chi connectivity index (χ2n) is 7.88. The van der Waals surface area contributed by atoms with E-state index in [1.165, 1.54) is 0 Å². The number of esters is 2. The van der Waals surface area contributed by atoms with Gasteiger partial charge >= 0.3 is 11.9 Å². The topological polar surface area (TPSA) is 93.1 Å². The summed E-state index contributed by atoms with van der Waals surface area (Å²) in [5.74, 6) is -1.70. The first-order valence-electron chi connectivity index (χ1n) is 8.76. The molecule has 7 atom stereocenters. The van der Waals surface area contributed by atoms with Gasteiger partial charge < -0.3 is 19.7 Å². The third kappa shape index (κ3) is 2.72. The van der Waals surface area contributed by atoms with Crippen LogP contribution in [0.1, 0.15) is 33.1 Å². The molecule has 6 nitrogen and oxygen atoms in total. The maximum atomic E-state index is 12.1. The zero-order valence-corrected chi connectivity index (χ0v) is 14.7. The van der Waals surface area contributed by atoms with E-state index in [0.29, 0.717) is 19.3 Å². The van der Waals surface area contributed by atoms with Gasteiger partial charge in [0, 0.05) is 17.3 Å². The molecule has 0 spiro atoms. The number of fused-ring (bicyclic) bond motifs is 3. The molecular formula is C19H26O6. The minimum atomic E-state index is -0.708. The molecule has 3 rings (SSSR count). The average molecular weight is 350 g/mol. The van der Waals surface area contributed by atoms with Crippen molar-refractivity contribution < 1.29 is 29.3 Å². The fraction of sp³-hybridized carbons (Fsp3) is 0.684. The second kappa shape index (κ2) is 6.25. The van der Waals surface area contributed by atoms with Crippen molar-refractivity contribution in [2.75, 3.05) is 6.61 Å². The van der Waals surface area contributed by atoms with Crippen molar-refractivity contribution in [3.05, 3.63) is 24.3 Å². The van der Waals surface area contributed by atoms with Crippen molar-refractivity contribution >= 4 is 11.9 Å². The van der Waals surface area contributed by atoms with Gasteiger partial charge in [0.15, 0.2) is 0 Å². The van der Waals surface area contributed by atoms with Crippen LogP contribution in [0.3, 0.4) is 0 Å². The van der Waals surface area contributed by atoms with Crippen LogP contribution in [-0.4, -0.2) is 47.1 Å². The normalized spacial score (nSPS) is 43.0. The van der Waals surface area contributed by atoms with Crippen LogP contribution < -0.4 is 0 Å². The first-order chi connectivity index (χ1) is 11.7. The lowest BCUT2D eigenvalue weighted by Crippen LogP contribution is -2.58. The van der Waals surface area contributed by atoms with Crippen molar-refractivity contribution in [3.63, 3.8) is 0 Å². The summed E-state index contributed by atoms with van der Waals surface area (Å²) >= 11 is 0. The third-order valence-electron chi connectivity index (χ3n) is 6.34. The lowest BCUT2D eigenvalue weighted by molar-refractivity contribution is -0.180. The molecule has 0 aromatic rings. The number of ether oxygens (including phenoxy) is 2. The van der Waals surface area contributed by atoms with Gasteiger partial charge in [-0.05, 0) is 19.3 Å². The van der Waals surface area contributed by atoms with Crippen LogP contribution in [-0.2, 0) is 19.1 Å². The van der Waals surface area contributed by atoms with E-state index in [1.54, 1.807) is 6.92 Å². The summed E-state index contributed by atoms with van der Waals surface area (Å²) in [5.41, 5.74) is 0.394. The Bertz CT molecular complexity index is 625. The molecule has 0 aromatic heterocycles. The van der Waals surface area contributed by atoms with Crippen LogP contribution in [0.2, 0.25) is 0 Å². The average Bonchev–Trinajstić information content (AvgIpc) is 2.84. The standard InChI is InChI=1S/C19H26O6/c1-9-5-6-13(24-17(22)10(2)8-20)19(4)7-12(21)14-11(3)18(23)25-16(14)15(9)19/h11-16,20-21H,1-2,5-8H2,3-4H3. The first kappa shape index (κ1) is 18.1. The van der Waals surface area contributed by atoms with Gasteiger partial charge in [-0.25, -0.2) is 4.79 Å². The van der Waals surface area contributed by atoms with Crippen molar-refractivity contribution in [2.45, 2.75) is 51.4 Å². The summed E-state index contributed by atoms with van der Waals surface area (Å²) in [6.07, 6.45) is 0.0533. The molecule has 0 radical (unpaired) electrons. The summed E-state index contributed by atoms with van der Waals surface area (Å²) in [4.78, 5) is 24.2. The molecule has 3 fully saturated rings. The molecule has 7 unspecified atom stereocenters. The molecule has 0 aromatic carbocycles. The molecule has 1 saturated heterocycles. The number of hydrogen-bond acceptors (Lipinski definition) is 6. The van der Waals surface area contributed by atoms with Crippen LogP contribution in [0.5, 0.6) is 0 Å². The Morgan fingerprint density at radius 1 is 1.48 bits per heavy atom. The number of aliphatic hydroxyl groups excluding tert-OH is 2. The predicted molar refractivity (Wildman–Crippen MR) is 89.2 cm³/mol. The summed E-state index contributed by atoms with van der Waals surface area (Å²) < 4.78 is 11.2. The molecule has 3 aliphatic rings. The van der Waals surface area contributed by atoms with E-state index in [1.807, 2.05) is 6.92 Å². The molecule has 0 bridgehead atoms. The van der Waals surface area contributed by atoms with Crippen molar-refractivity contribution in [1.29, 1.82) is 0 Å². The summed E-state index contributed by atoms with van der Waals surface area (Å²) in [6, 6.07) is 0. The minimum Gasteiger partial charge on any atom is -0.461 e. The van der Waals surface area contributed by atoms with Gasteiger partial charge in [-0.1, -0.05) is 32.6 Å². The van der Waals surface area contributed by atoms with E-state index in [2.05, 4.69) is 13.2 Å². The summed E-state index contributed by atoms with van der Waals surface area (Å²) in [6.45, 7) is 11.0. The van der Waals surface area contributed by atoms with Crippen molar-refractivity contribution in [2.24, 2.45) is 23.2 Å². The Kier molecular flexibility index (Phi) is 4.54. The third-order valence-corrected chi connectivity index (χ3v) is 6.34. The summed E-state index contributed by atoms with van der Waals surface area (Å²) in [5, 5.41) is 19.8. The van der Waals surface area contributed by atoms with Crippen LogP contribution >= 0.6 is 0 Å². The largest absolute Gasteiger partial charge is 0.461 e. The van der Waals surface area contributed by atoms with E-state index in [4.69, 9.17) is 14.6 Å². The van der Waals surface area contributed by atoms with E-state index in [9.17, 15) is 14.7 Å². The van der Waals surface area contributed by atoms with Crippen LogP contribution in [0, 0.1) is 23.2 Å². The van der Waals surface area contributed by atoms with Gasteiger partial charge in [0.1, 0.15) is 12.2 Å². The van der Waals surface area contributed by atoms with E-state index in [-0.39, 0.29) is 29.3 Å². The second-order valence-corrected chi connectivity index (χ2v) is 7.88. The van der Waals surface area contributed by atoms with Gasteiger partial charge in [-0.15, -0.1) is 0 Å². The summed E-state index contributed by atoms with van der Waals surface area (Å²) in [7, 11) is 0. The Morgan fingerprint density at radius 3 is 2.80 bits per heavy atom. The Labute approximate surface area is 147 Å². The fourth-order valence-electron chi connectivity index (χ4n) is 5.00. The maximum absolute atomic E-state index is 12.1. The van der Waals surface area contributed by atoms with Crippen LogP contribution in [0.25, 0.3) is 0 Å². The Morgan fingerprint density at radius 2 is 2.16 bits per heavy atom. The molecule has 1 heterocycles. The van der Waals surface area contributed by atoms with Gasteiger partial charge in [-0.2, -0.15) is 0 Å². The molecule has 25 heavy (non-hydrogen) atoms. The SMILES string of the molecule is C=C(CO)C(=O)OC1CCC(=C)C2C3OC(=O)C(C)C3C(O)CC12C. The van der Waals surface area contributed by atoms with Gasteiger partial charge in [0.25, 0.3) is 0 Å².